The quantitative estimate of drug-likeness (QED) is 0.387. The van der Waals surface area contributed by atoms with Gasteiger partial charge in [-0.1, -0.05) is 60.7 Å². The van der Waals surface area contributed by atoms with Crippen LogP contribution in [0.4, 0.5) is 0 Å². The van der Waals surface area contributed by atoms with Crippen LogP contribution in [-0.4, -0.2) is 29.7 Å². The fraction of sp³-hybridized carbons (Fsp3) is 0.231. The van der Waals surface area contributed by atoms with Crippen molar-refractivity contribution in [2.24, 2.45) is 12.0 Å². The van der Waals surface area contributed by atoms with Crippen LogP contribution in [0.15, 0.2) is 76.6 Å². The molecule has 0 radical (unpaired) electrons. The summed E-state index contributed by atoms with van der Waals surface area (Å²) in [5.74, 6) is -0.405. The second kappa shape index (κ2) is 9.66. The highest BCUT2D eigenvalue weighted by Gasteiger charge is 2.23. The molecule has 0 unspecified atom stereocenters. The van der Waals surface area contributed by atoms with Crippen molar-refractivity contribution >= 4 is 37.5 Å². The van der Waals surface area contributed by atoms with E-state index in [1.54, 1.807) is 0 Å². The van der Waals surface area contributed by atoms with Crippen LogP contribution in [0.3, 0.4) is 0 Å². The molecular weight excluding hydrogens is 466 g/mol. The molecule has 3 aromatic carbocycles. The first-order valence-corrected chi connectivity index (χ1v) is 13.3. The molecule has 1 aromatic heterocycles. The van der Waals surface area contributed by atoms with Gasteiger partial charge in [-0.05, 0) is 54.8 Å². The number of rotatable bonds is 6. The largest absolute Gasteiger partial charge is 0.319 e. The van der Waals surface area contributed by atoms with Gasteiger partial charge in [0.2, 0.25) is 10.0 Å². The fourth-order valence-corrected chi connectivity index (χ4v) is 6.49. The predicted molar refractivity (Wildman–Crippen MR) is 136 cm³/mol. The lowest BCUT2D eigenvalue weighted by molar-refractivity contribution is 0.0998. The van der Waals surface area contributed by atoms with Crippen LogP contribution < -0.4 is 4.80 Å². The lowest BCUT2D eigenvalue weighted by Gasteiger charge is -2.20. The van der Waals surface area contributed by atoms with Gasteiger partial charge < -0.3 is 4.57 Å². The summed E-state index contributed by atoms with van der Waals surface area (Å²) in [4.78, 5) is 18.0. The normalized spacial score (nSPS) is 12.6. The van der Waals surface area contributed by atoms with Crippen LogP contribution >= 0.6 is 11.3 Å². The van der Waals surface area contributed by atoms with E-state index >= 15 is 0 Å². The van der Waals surface area contributed by atoms with Crippen LogP contribution in [0.25, 0.3) is 10.2 Å². The van der Waals surface area contributed by atoms with Crippen molar-refractivity contribution in [1.29, 1.82) is 0 Å². The van der Waals surface area contributed by atoms with Gasteiger partial charge in [-0.25, -0.2) is 8.42 Å². The van der Waals surface area contributed by atoms with E-state index in [9.17, 15) is 13.2 Å². The van der Waals surface area contributed by atoms with Gasteiger partial charge in [0.05, 0.1) is 15.1 Å². The molecule has 0 N–H and O–H groups in total. The molecule has 0 fully saturated rings. The highest BCUT2D eigenvalue weighted by molar-refractivity contribution is 7.89. The van der Waals surface area contributed by atoms with Crippen LogP contribution in [0, 0.1) is 13.8 Å². The lowest BCUT2D eigenvalue weighted by Crippen LogP contribution is -2.30. The van der Waals surface area contributed by atoms with Crippen molar-refractivity contribution in [3.05, 3.63) is 93.8 Å². The highest BCUT2D eigenvalue weighted by atomic mass is 32.2. The molecule has 6 nitrogen and oxygen atoms in total. The minimum atomic E-state index is -3.69. The Balaban J connectivity index is 1.62. The molecule has 1 heterocycles. The predicted octanol–water partition coefficient (Wildman–Crippen LogP) is 4.81. The second-order valence-electron chi connectivity index (χ2n) is 8.18. The molecule has 4 aromatic rings. The first-order valence-electron chi connectivity index (χ1n) is 11.0. The molecule has 0 saturated carbocycles. The van der Waals surface area contributed by atoms with Crippen molar-refractivity contribution in [3.63, 3.8) is 0 Å². The molecule has 1 amide bonds. The van der Waals surface area contributed by atoms with Gasteiger partial charge in [0.25, 0.3) is 5.91 Å². The van der Waals surface area contributed by atoms with E-state index in [4.69, 9.17) is 0 Å². The molecule has 0 spiro atoms. The SMILES string of the molecule is CCN(Cc1ccccc1)S(=O)(=O)c1ccc(C(=O)N=c2sc3c(C)ccc(C)c3n2C)cc1. The lowest BCUT2D eigenvalue weighted by atomic mass is 10.1. The van der Waals surface area contributed by atoms with E-state index in [2.05, 4.69) is 17.1 Å². The van der Waals surface area contributed by atoms with Gasteiger partial charge in [0.1, 0.15) is 0 Å². The zero-order valence-corrected chi connectivity index (χ0v) is 21.3. The zero-order valence-electron chi connectivity index (χ0n) is 19.6. The van der Waals surface area contributed by atoms with Crippen molar-refractivity contribution in [3.8, 4) is 0 Å². The number of aromatic nitrogens is 1. The standard InChI is InChI=1S/C26H27N3O3S2/c1-5-29(17-20-9-7-6-8-10-20)34(31,32)22-15-13-21(14-16-22)25(30)27-26-28(4)23-18(2)11-12-19(3)24(23)33-26/h6-16H,5,17H2,1-4H3. The maximum absolute atomic E-state index is 13.2. The molecule has 0 aliphatic carbocycles. The molecule has 0 atom stereocenters. The highest BCUT2D eigenvalue weighted by Crippen LogP contribution is 2.24. The summed E-state index contributed by atoms with van der Waals surface area (Å²) in [6.45, 7) is 6.52. The van der Waals surface area contributed by atoms with Crippen LogP contribution in [0.2, 0.25) is 0 Å². The molecule has 0 aliphatic rings. The third kappa shape index (κ3) is 4.61. The van der Waals surface area contributed by atoms with E-state index in [-0.39, 0.29) is 11.4 Å². The number of nitrogens with zero attached hydrogens (tertiary/aromatic N) is 3. The number of carbonyl (C=O) groups is 1. The third-order valence-corrected chi connectivity index (χ3v) is 9.04. The summed E-state index contributed by atoms with van der Waals surface area (Å²) in [6, 6.07) is 19.6. The van der Waals surface area contributed by atoms with Gasteiger partial charge in [-0.3, -0.25) is 4.79 Å². The molecule has 0 aliphatic heterocycles. The van der Waals surface area contributed by atoms with Gasteiger partial charge in [-0.15, -0.1) is 0 Å². The Morgan fingerprint density at radius 1 is 0.971 bits per heavy atom. The summed E-state index contributed by atoms with van der Waals surface area (Å²) in [5.41, 5.74) is 4.59. The zero-order chi connectivity index (χ0) is 24.5. The molecule has 176 valence electrons. The Morgan fingerprint density at radius 2 is 1.62 bits per heavy atom. The number of hydrogen-bond acceptors (Lipinski definition) is 4. The minimum absolute atomic E-state index is 0.153. The Labute approximate surface area is 203 Å². The van der Waals surface area contributed by atoms with Gasteiger partial charge in [0, 0.05) is 25.7 Å². The van der Waals surface area contributed by atoms with Crippen LogP contribution in [0.1, 0.15) is 34.0 Å². The Morgan fingerprint density at radius 3 is 2.24 bits per heavy atom. The average Bonchev–Trinajstić information content (AvgIpc) is 3.17. The summed E-state index contributed by atoms with van der Waals surface area (Å²) in [7, 11) is -1.79. The van der Waals surface area contributed by atoms with E-state index < -0.39 is 15.9 Å². The topological polar surface area (TPSA) is 71.7 Å². The molecule has 0 bridgehead atoms. The first-order chi connectivity index (χ1) is 16.2. The Kier molecular flexibility index (Phi) is 6.84. The number of amides is 1. The molecule has 34 heavy (non-hydrogen) atoms. The number of sulfonamides is 1. The van der Waals surface area contributed by atoms with Crippen molar-refractivity contribution in [2.45, 2.75) is 32.2 Å². The number of benzene rings is 3. The molecule has 8 heteroatoms. The van der Waals surface area contributed by atoms with Gasteiger partial charge in [-0.2, -0.15) is 9.30 Å². The maximum Gasteiger partial charge on any atom is 0.279 e. The van der Waals surface area contributed by atoms with Crippen LogP contribution in [-0.2, 0) is 23.6 Å². The average molecular weight is 494 g/mol. The minimum Gasteiger partial charge on any atom is -0.319 e. The van der Waals surface area contributed by atoms with Crippen molar-refractivity contribution < 1.29 is 13.2 Å². The van der Waals surface area contributed by atoms with Crippen LogP contribution in [0.5, 0.6) is 0 Å². The maximum atomic E-state index is 13.2. The molecular formula is C26H27N3O3S2. The number of hydrogen-bond donors (Lipinski definition) is 0. The Bertz CT molecular complexity index is 1520. The first kappa shape index (κ1) is 24.1. The Hall–Kier alpha value is -3.07. The second-order valence-corrected chi connectivity index (χ2v) is 11.1. The number of carbonyl (C=O) groups excluding carboxylic acids is 1. The monoisotopic (exact) mass is 493 g/mol. The summed E-state index contributed by atoms with van der Waals surface area (Å²) >= 11 is 1.48. The number of fused-ring (bicyclic) bond motifs is 1. The van der Waals surface area contributed by atoms with E-state index in [1.165, 1.54) is 39.9 Å². The summed E-state index contributed by atoms with van der Waals surface area (Å²) in [6.07, 6.45) is 0. The number of thiazole rings is 1. The van der Waals surface area contributed by atoms with Crippen molar-refractivity contribution in [2.75, 3.05) is 6.54 Å². The molecule has 0 saturated heterocycles. The van der Waals surface area contributed by atoms with Gasteiger partial charge >= 0.3 is 0 Å². The number of aryl methyl sites for hydroxylation is 3. The summed E-state index contributed by atoms with van der Waals surface area (Å²) < 4.78 is 30.8. The summed E-state index contributed by atoms with van der Waals surface area (Å²) in [5, 5.41) is 0. The third-order valence-electron chi connectivity index (χ3n) is 5.84. The molecule has 4 rings (SSSR count). The van der Waals surface area contributed by atoms with Crippen molar-refractivity contribution in [1.82, 2.24) is 8.87 Å². The van der Waals surface area contributed by atoms with E-state index in [1.807, 2.05) is 62.7 Å². The fourth-order valence-electron chi connectivity index (χ4n) is 3.89. The smallest absolute Gasteiger partial charge is 0.279 e. The van der Waals surface area contributed by atoms with Gasteiger partial charge in [0.15, 0.2) is 4.80 Å². The van der Waals surface area contributed by atoms with E-state index in [0.29, 0.717) is 16.9 Å². The van der Waals surface area contributed by atoms with E-state index in [0.717, 1.165) is 26.9 Å².